The van der Waals surface area contributed by atoms with Crippen LogP contribution in [0.2, 0.25) is 0 Å². The van der Waals surface area contributed by atoms with Crippen LogP contribution in [-0.2, 0) is 0 Å². The van der Waals surface area contributed by atoms with E-state index in [2.05, 4.69) is 5.32 Å². The molecule has 0 bridgehead atoms. The Morgan fingerprint density at radius 3 is 2.75 bits per heavy atom. The number of benzene rings is 1. The summed E-state index contributed by atoms with van der Waals surface area (Å²) in [6.07, 6.45) is 0. The number of carbonyl (C=O) groups is 1. The Labute approximate surface area is 94.3 Å². The average molecular weight is 224 g/mol. The molecular weight excluding hydrogens is 208 g/mol. The van der Waals surface area contributed by atoms with Gasteiger partial charge in [-0.05, 0) is 25.2 Å². The van der Waals surface area contributed by atoms with Crippen molar-refractivity contribution in [3.63, 3.8) is 0 Å². The van der Waals surface area contributed by atoms with Crippen LogP contribution in [-0.4, -0.2) is 48.2 Å². The zero-order valence-electron chi connectivity index (χ0n) is 9.40. The molecule has 1 aromatic carbocycles. The van der Waals surface area contributed by atoms with Crippen LogP contribution in [0.25, 0.3) is 0 Å². The van der Waals surface area contributed by atoms with Crippen molar-refractivity contribution in [1.29, 1.82) is 0 Å². The van der Waals surface area contributed by atoms with E-state index in [9.17, 15) is 15.0 Å². The summed E-state index contributed by atoms with van der Waals surface area (Å²) in [5.41, 5.74) is 0.110. The maximum atomic E-state index is 11.9. The molecule has 0 heterocycles. The first kappa shape index (κ1) is 12.3. The summed E-state index contributed by atoms with van der Waals surface area (Å²) >= 11 is 0. The molecule has 0 spiro atoms. The third-order valence-electron chi connectivity index (χ3n) is 2.25. The van der Waals surface area contributed by atoms with E-state index in [0.29, 0.717) is 13.1 Å². The molecule has 1 amide bonds. The molecule has 0 fully saturated rings. The van der Waals surface area contributed by atoms with E-state index in [1.807, 2.05) is 0 Å². The van der Waals surface area contributed by atoms with Gasteiger partial charge < -0.3 is 20.4 Å². The predicted molar refractivity (Wildman–Crippen MR) is 60.7 cm³/mol. The molecule has 0 radical (unpaired) electrons. The highest BCUT2D eigenvalue weighted by atomic mass is 16.3. The molecule has 88 valence electrons. The number of amides is 1. The lowest BCUT2D eigenvalue weighted by atomic mass is 10.1. The lowest BCUT2D eigenvalue weighted by Crippen LogP contribution is -2.32. The Morgan fingerprint density at radius 2 is 2.12 bits per heavy atom. The van der Waals surface area contributed by atoms with Gasteiger partial charge in [-0.3, -0.25) is 4.79 Å². The summed E-state index contributed by atoms with van der Waals surface area (Å²) in [5.74, 6) is -0.481. The van der Waals surface area contributed by atoms with Gasteiger partial charge in [-0.2, -0.15) is 0 Å². The van der Waals surface area contributed by atoms with Gasteiger partial charge in [0.25, 0.3) is 5.91 Å². The van der Waals surface area contributed by atoms with Crippen LogP contribution in [0, 0.1) is 0 Å². The van der Waals surface area contributed by atoms with Gasteiger partial charge in [0.05, 0.1) is 5.56 Å². The first-order valence-corrected chi connectivity index (χ1v) is 4.98. The summed E-state index contributed by atoms with van der Waals surface area (Å²) in [6.45, 7) is 1.20. The lowest BCUT2D eigenvalue weighted by molar-refractivity contribution is 0.0793. The van der Waals surface area contributed by atoms with Crippen molar-refractivity contribution in [3.8, 4) is 11.5 Å². The van der Waals surface area contributed by atoms with Crippen LogP contribution >= 0.6 is 0 Å². The molecule has 1 rings (SSSR count). The van der Waals surface area contributed by atoms with E-state index >= 15 is 0 Å². The van der Waals surface area contributed by atoms with Crippen LogP contribution in [0.15, 0.2) is 18.2 Å². The smallest absolute Gasteiger partial charge is 0.257 e. The SMILES string of the molecule is CNCCN(C)C(=O)c1cc(O)ccc1O. The maximum Gasteiger partial charge on any atom is 0.257 e. The minimum Gasteiger partial charge on any atom is -0.508 e. The number of rotatable bonds is 4. The molecule has 0 atom stereocenters. The van der Waals surface area contributed by atoms with Gasteiger partial charge in [0.2, 0.25) is 0 Å². The van der Waals surface area contributed by atoms with E-state index in [0.717, 1.165) is 0 Å². The number of hydrogen-bond donors (Lipinski definition) is 3. The van der Waals surface area contributed by atoms with Crippen molar-refractivity contribution in [2.24, 2.45) is 0 Å². The summed E-state index contributed by atoms with van der Waals surface area (Å²) in [7, 11) is 3.44. The van der Waals surface area contributed by atoms with Crippen molar-refractivity contribution in [1.82, 2.24) is 10.2 Å². The second-order valence-corrected chi connectivity index (χ2v) is 3.53. The van der Waals surface area contributed by atoms with Gasteiger partial charge in [-0.15, -0.1) is 0 Å². The normalized spacial score (nSPS) is 10.1. The fraction of sp³-hybridized carbons (Fsp3) is 0.364. The molecular formula is C11H16N2O3. The number of nitrogens with zero attached hydrogens (tertiary/aromatic N) is 1. The molecule has 1 aromatic rings. The minimum atomic E-state index is -0.316. The molecule has 0 aliphatic rings. The zero-order chi connectivity index (χ0) is 12.1. The van der Waals surface area contributed by atoms with Crippen LogP contribution < -0.4 is 5.32 Å². The number of phenolic OH excluding ortho intramolecular Hbond substituents is 2. The van der Waals surface area contributed by atoms with Crippen molar-refractivity contribution >= 4 is 5.91 Å². The maximum absolute atomic E-state index is 11.9. The Kier molecular flexibility index (Phi) is 4.13. The van der Waals surface area contributed by atoms with E-state index < -0.39 is 0 Å². The van der Waals surface area contributed by atoms with E-state index in [-0.39, 0.29) is 23.0 Å². The first-order chi connectivity index (χ1) is 7.56. The number of hydrogen-bond acceptors (Lipinski definition) is 4. The molecule has 0 aromatic heterocycles. The van der Waals surface area contributed by atoms with E-state index in [1.54, 1.807) is 14.1 Å². The van der Waals surface area contributed by atoms with Gasteiger partial charge in [0, 0.05) is 20.1 Å². The minimum absolute atomic E-state index is 0.0387. The van der Waals surface area contributed by atoms with Gasteiger partial charge in [0.1, 0.15) is 11.5 Å². The van der Waals surface area contributed by atoms with Crippen molar-refractivity contribution in [2.45, 2.75) is 0 Å². The van der Waals surface area contributed by atoms with E-state index in [1.165, 1.54) is 23.1 Å². The predicted octanol–water partition coefficient (Wildman–Crippen LogP) is 0.389. The zero-order valence-corrected chi connectivity index (χ0v) is 9.40. The second-order valence-electron chi connectivity index (χ2n) is 3.53. The van der Waals surface area contributed by atoms with Gasteiger partial charge in [-0.25, -0.2) is 0 Å². The number of phenols is 2. The van der Waals surface area contributed by atoms with Crippen LogP contribution in [0.1, 0.15) is 10.4 Å². The number of carbonyl (C=O) groups excluding carboxylic acids is 1. The fourth-order valence-corrected chi connectivity index (χ4v) is 1.28. The summed E-state index contributed by atoms with van der Waals surface area (Å²) in [5, 5.41) is 21.7. The molecule has 16 heavy (non-hydrogen) atoms. The molecule has 0 unspecified atom stereocenters. The topological polar surface area (TPSA) is 72.8 Å². The Hall–Kier alpha value is -1.75. The van der Waals surface area contributed by atoms with Crippen LogP contribution in [0.3, 0.4) is 0 Å². The molecule has 5 heteroatoms. The van der Waals surface area contributed by atoms with Gasteiger partial charge >= 0.3 is 0 Å². The highest BCUT2D eigenvalue weighted by molar-refractivity contribution is 5.97. The highest BCUT2D eigenvalue weighted by Gasteiger charge is 2.15. The molecule has 3 N–H and O–H groups in total. The number of aromatic hydroxyl groups is 2. The molecule has 0 aliphatic heterocycles. The summed E-state index contributed by atoms with van der Waals surface area (Å²) in [4.78, 5) is 13.3. The van der Waals surface area contributed by atoms with Crippen LogP contribution in [0.5, 0.6) is 11.5 Å². The fourth-order valence-electron chi connectivity index (χ4n) is 1.28. The van der Waals surface area contributed by atoms with Gasteiger partial charge in [0.15, 0.2) is 0 Å². The van der Waals surface area contributed by atoms with Crippen molar-refractivity contribution < 1.29 is 15.0 Å². The third kappa shape index (κ3) is 2.87. The summed E-state index contributed by atoms with van der Waals surface area (Å²) in [6, 6.07) is 3.89. The largest absolute Gasteiger partial charge is 0.508 e. The molecule has 0 aliphatic carbocycles. The van der Waals surface area contributed by atoms with E-state index in [4.69, 9.17) is 0 Å². The molecule has 5 nitrogen and oxygen atoms in total. The lowest BCUT2D eigenvalue weighted by Gasteiger charge is -2.17. The molecule has 0 saturated carbocycles. The van der Waals surface area contributed by atoms with Crippen molar-refractivity contribution in [2.75, 3.05) is 27.2 Å². The monoisotopic (exact) mass is 224 g/mol. The average Bonchev–Trinajstić information content (AvgIpc) is 2.28. The molecule has 0 saturated heterocycles. The quantitative estimate of drug-likeness (QED) is 0.647. The highest BCUT2D eigenvalue weighted by Crippen LogP contribution is 2.22. The standard InChI is InChI=1S/C11H16N2O3/c1-12-5-6-13(2)11(16)9-7-8(14)3-4-10(9)15/h3-4,7,12,14-15H,5-6H2,1-2H3. The Balaban J connectivity index is 2.83. The number of likely N-dealkylation sites (N-methyl/N-ethyl adjacent to an activating group) is 2. The Morgan fingerprint density at radius 1 is 1.44 bits per heavy atom. The Bertz CT molecular complexity index is 379. The second kappa shape index (κ2) is 5.37. The van der Waals surface area contributed by atoms with Gasteiger partial charge in [-0.1, -0.05) is 0 Å². The first-order valence-electron chi connectivity index (χ1n) is 4.98. The number of nitrogens with one attached hydrogen (secondary N) is 1. The summed E-state index contributed by atoms with van der Waals surface area (Å²) < 4.78 is 0. The van der Waals surface area contributed by atoms with Crippen LogP contribution in [0.4, 0.5) is 0 Å². The van der Waals surface area contributed by atoms with Crippen molar-refractivity contribution in [3.05, 3.63) is 23.8 Å². The third-order valence-corrected chi connectivity index (χ3v) is 2.25.